The van der Waals surface area contributed by atoms with E-state index in [9.17, 15) is 0 Å². The Labute approximate surface area is 106 Å². The van der Waals surface area contributed by atoms with E-state index in [0.29, 0.717) is 5.69 Å². The van der Waals surface area contributed by atoms with Crippen molar-refractivity contribution in [2.24, 2.45) is 0 Å². The zero-order chi connectivity index (χ0) is 11.5. The van der Waals surface area contributed by atoms with Crippen LogP contribution in [0.2, 0.25) is 0 Å². The Hall–Kier alpha value is -0.790. The summed E-state index contributed by atoms with van der Waals surface area (Å²) in [5, 5.41) is 9.00. The fraction of sp³-hybridized carbons (Fsp3) is 0.222. The molecule has 0 aromatic carbocycles. The molecule has 0 aliphatic heterocycles. The monoisotopic (exact) mass is 270 g/mol. The van der Waals surface area contributed by atoms with Crippen LogP contribution in [0.1, 0.15) is 5.56 Å². The van der Waals surface area contributed by atoms with Gasteiger partial charge in [-0.3, -0.25) is 0 Å². The van der Waals surface area contributed by atoms with Gasteiger partial charge in [0.25, 0.3) is 0 Å². The van der Waals surface area contributed by atoms with E-state index < -0.39 is 0 Å². The van der Waals surface area contributed by atoms with Gasteiger partial charge >= 0.3 is 0 Å². The van der Waals surface area contributed by atoms with Crippen LogP contribution in [-0.2, 0) is 0 Å². The van der Waals surface area contributed by atoms with Gasteiger partial charge in [-0.05, 0) is 36.6 Å². The lowest BCUT2D eigenvalue weighted by molar-refractivity contribution is 0.953. The quantitative estimate of drug-likeness (QED) is 0.865. The molecule has 0 fully saturated rings. The molecule has 0 aliphatic rings. The minimum Gasteiger partial charge on any atom is -0.397 e. The van der Waals surface area contributed by atoms with Crippen LogP contribution in [0.3, 0.4) is 0 Å². The molecule has 2 aromatic heterocycles. The number of nitrogens with zero attached hydrogens (tertiary/aromatic N) is 3. The third-order valence-corrected chi connectivity index (χ3v) is 4.76. The summed E-state index contributed by atoms with van der Waals surface area (Å²) in [7, 11) is 0. The van der Waals surface area contributed by atoms with Crippen molar-refractivity contribution in [2.75, 3.05) is 12.0 Å². The van der Waals surface area contributed by atoms with E-state index in [1.807, 2.05) is 19.2 Å². The maximum atomic E-state index is 5.71. The average Bonchev–Trinajstić information content (AvgIpc) is 2.71. The molecule has 2 rings (SSSR count). The van der Waals surface area contributed by atoms with E-state index in [0.717, 1.165) is 19.3 Å². The summed E-state index contributed by atoms with van der Waals surface area (Å²) >= 11 is 4.68. The topological polar surface area (TPSA) is 64.7 Å². The molecule has 0 spiro atoms. The summed E-state index contributed by atoms with van der Waals surface area (Å²) in [5.41, 5.74) is 7.46. The van der Waals surface area contributed by atoms with Crippen molar-refractivity contribution >= 4 is 40.5 Å². The molecule has 4 nitrogen and oxygen atoms in total. The van der Waals surface area contributed by atoms with Crippen LogP contribution in [0.4, 0.5) is 5.69 Å². The summed E-state index contributed by atoms with van der Waals surface area (Å²) in [6.07, 6.45) is 3.66. The first kappa shape index (κ1) is 11.7. The Morgan fingerprint density at radius 1 is 1.31 bits per heavy atom. The average molecular weight is 270 g/mol. The molecule has 0 aliphatic carbocycles. The zero-order valence-electron chi connectivity index (χ0n) is 8.80. The lowest BCUT2D eigenvalue weighted by Gasteiger charge is -2.00. The van der Waals surface area contributed by atoms with Crippen LogP contribution in [0.5, 0.6) is 0 Å². The van der Waals surface area contributed by atoms with Gasteiger partial charge in [-0.25, -0.2) is 4.98 Å². The van der Waals surface area contributed by atoms with Crippen molar-refractivity contribution in [1.82, 2.24) is 15.2 Å². The summed E-state index contributed by atoms with van der Waals surface area (Å²) in [6.45, 7) is 1.97. The number of nitrogens with two attached hydrogens (primary N) is 1. The first-order valence-corrected chi connectivity index (χ1v) is 7.32. The fourth-order valence-electron chi connectivity index (χ4n) is 1.01. The van der Waals surface area contributed by atoms with E-state index in [-0.39, 0.29) is 0 Å². The predicted octanol–water partition coefficient (Wildman–Crippen LogP) is 2.70. The highest BCUT2D eigenvalue weighted by atomic mass is 32.2. The van der Waals surface area contributed by atoms with Crippen molar-refractivity contribution in [3.63, 3.8) is 0 Å². The number of rotatable bonds is 3. The van der Waals surface area contributed by atoms with E-state index in [1.165, 1.54) is 11.8 Å². The number of aryl methyl sites for hydroxylation is 1. The minimum atomic E-state index is 0.714. The zero-order valence-corrected chi connectivity index (χ0v) is 11.2. The number of hydrogen-bond donors (Lipinski definition) is 1. The largest absolute Gasteiger partial charge is 0.397 e. The third-order valence-electron chi connectivity index (χ3n) is 1.88. The standard InChI is InChI=1S/C9H10N4S3/c1-5-3-7(11-4-6(5)10)15-9-13-12-8(14-2)16-9/h3-4H,10H2,1-2H3. The highest BCUT2D eigenvalue weighted by Gasteiger charge is 2.06. The molecule has 0 unspecified atom stereocenters. The smallest absolute Gasteiger partial charge is 0.181 e. The van der Waals surface area contributed by atoms with Gasteiger partial charge < -0.3 is 5.73 Å². The van der Waals surface area contributed by atoms with Crippen molar-refractivity contribution in [1.29, 1.82) is 0 Å². The Morgan fingerprint density at radius 2 is 2.06 bits per heavy atom. The second-order valence-corrected chi connectivity index (χ2v) is 6.32. The molecule has 0 bridgehead atoms. The maximum absolute atomic E-state index is 5.71. The normalized spacial score (nSPS) is 10.6. The summed E-state index contributed by atoms with van der Waals surface area (Å²) in [4.78, 5) is 4.24. The van der Waals surface area contributed by atoms with E-state index in [1.54, 1.807) is 29.3 Å². The van der Waals surface area contributed by atoms with Crippen LogP contribution in [0.15, 0.2) is 26.0 Å². The van der Waals surface area contributed by atoms with Crippen LogP contribution in [0, 0.1) is 6.92 Å². The van der Waals surface area contributed by atoms with Gasteiger partial charge in [-0.1, -0.05) is 23.1 Å². The fourth-order valence-corrected chi connectivity index (χ4v) is 3.43. The van der Waals surface area contributed by atoms with Gasteiger partial charge in [0.05, 0.1) is 11.9 Å². The summed E-state index contributed by atoms with van der Waals surface area (Å²) in [5.74, 6) is 0. The number of nitrogen functional groups attached to an aromatic ring is 1. The summed E-state index contributed by atoms with van der Waals surface area (Å²) in [6, 6.07) is 1.96. The molecule has 0 saturated carbocycles. The predicted molar refractivity (Wildman–Crippen MR) is 69.2 cm³/mol. The van der Waals surface area contributed by atoms with Crippen LogP contribution in [-0.4, -0.2) is 21.4 Å². The molecule has 0 radical (unpaired) electrons. The van der Waals surface area contributed by atoms with Gasteiger partial charge in [0, 0.05) is 0 Å². The number of hydrogen-bond acceptors (Lipinski definition) is 7. The highest BCUT2D eigenvalue weighted by molar-refractivity contribution is 8.02. The third kappa shape index (κ3) is 2.66. The van der Waals surface area contributed by atoms with Crippen LogP contribution >= 0.6 is 34.9 Å². The maximum Gasteiger partial charge on any atom is 0.181 e. The Balaban J connectivity index is 2.17. The second kappa shape index (κ2) is 5.03. The van der Waals surface area contributed by atoms with Crippen molar-refractivity contribution < 1.29 is 0 Å². The molecule has 2 heterocycles. The molecular formula is C9H10N4S3. The van der Waals surface area contributed by atoms with Crippen molar-refractivity contribution in [3.05, 3.63) is 17.8 Å². The van der Waals surface area contributed by atoms with Crippen molar-refractivity contribution in [3.8, 4) is 0 Å². The molecule has 0 atom stereocenters. The lowest BCUT2D eigenvalue weighted by atomic mass is 10.3. The number of anilines is 1. The first-order chi connectivity index (χ1) is 7.69. The first-order valence-electron chi connectivity index (χ1n) is 4.46. The lowest BCUT2D eigenvalue weighted by Crippen LogP contribution is -1.91. The molecule has 2 aromatic rings. The molecule has 0 amide bonds. The van der Waals surface area contributed by atoms with Crippen molar-refractivity contribution in [2.45, 2.75) is 20.6 Å². The van der Waals surface area contributed by atoms with Gasteiger partial charge in [-0.15, -0.1) is 10.2 Å². The van der Waals surface area contributed by atoms with Gasteiger partial charge in [-0.2, -0.15) is 0 Å². The Morgan fingerprint density at radius 3 is 2.69 bits per heavy atom. The molecule has 7 heteroatoms. The molecule has 2 N–H and O–H groups in total. The van der Waals surface area contributed by atoms with Gasteiger partial charge in [0.1, 0.15) is 5.03 Å². The number of pyridine rings is 1. The Bertz CT molecular complexity index is 497. The SMILES string of the molecule is CSc1nnc(Sc2cc(C)c(N)cn2)s1. The molecule has 0 saturated heterocycles. The molecule has 84 valence electrons. The van der Waals surface area contributed by atoms with E-state index >= 15 is 0 Å². The Kier molecular flexibility index (Phi) is 3.67. The highest BCUT2D eigenvalue weighted by Crippen LogP contribution is 2.32. The summed E-state index contributed by atoms with van der Waals surface area (Å²) < 4.78 is 1.87. The molecular weight excluding hydrogens is 260 g/mol. The molecule has 16 heavy (non-hydrogen) atoms. The van der Waals surface area contributed by atoms with Crippen LogP contribution in [0.25, 0.3) is 0 Å². The van der Waals surface area contributed by atoms with E-state index in [4.69, 9.17) is 5.73 Å². The van der Waals surface area contributed by atoms with Crippen LogP contribution < -0.4 is 5.73 Å². The van der Waals surface area contributed by atoms with E-state index in [2.05, 4.69) is 15.2 Å². The number of thioether (sulfide) groups is 1. The van der Waals surface area contributed by atoms with Gasteiger partial charge in [0.15, 0.2) is 8.68 Å². The van der Waals surface area contributed by atoms with Gasteiger partial charge in [0.2, 0.25) is 0 Å². The number of aromatic nitrogens is 3. The second-order valence-electron chi connectivity index (χ2n) is 3.02. The minimum absolute atomic E-state index is 0.714.